The van der Waals surface area contributed by atoms with E-state index < -0.39 is 30.1 Å². The van der Waals surface area contributed by atoms with Crippen LogP contribution < -0.4 is 0 Å². The van der Waals surface area contributed by atoms with Gasteiger partial charge >= 0.3 is 18.1 Å². The number of amides is 1. The number of methoxy groups -OCH3 is 1. The van der Waals surface area contributed by atoms with E-state index in [-0.39, 0.29) is 11.8 Å². The average Bonchev–Trinajstić information content (AvgIpc) is 3.22. The minimum Gasteiger partial charge on any atom is -0.467 e. The summed E-state index contributed by atoms with van der Waals surface area (Å²) in [5, 5.41) is 0. The van der Waals surface area contributed by atoms with Crippen LogP contribution in [0.5, 0.6) is 0 Å². The summed E-state index contributed by atoms with van der Waals surface area (Å²) >= 11 is 0. The molecule has 202 valence electrons. The Hall–Kier alpha value is -2.13. The van der Waals surface area contributed by atoms with E-state index in [1.165, 1.54) is 12.7 Å². The zero-order valence-corrected chi connectivity index (χ0v) is 21.7. The first-order valence-corrected chi connectivity index (χ1v) is 12.9. The second-order valence-corrected chi connectivity index (χ2v) is 10.7. The van der Waals surface area contributed by atoms with Crippen LogP contribution in [0.1, 0.15) is 56.9 Å². The number of unbranched alkanes of at least 4 members (excludes halogenated alkanes) is 1. The summed E-state index contributed by atoms with van der Waals surface area (Å²) in [5.41, 5.74) is 1.31. The van der Waals surface area contributed by atoms with E-state index in [1.54, 1.807) is 0 Å². The highest BCUT2D eigenvalue weighted by Gasteiger charge is 2.51. The number of rotatable bonds is 10. The Kier molecular flexibility index (Phi) is 9.80. The summed E-state index contributed by atoms with van der Waals surface area (Å²) in [6.45, 7) is 3.49. The number of hydrogen-bond donors (Lipinski definition) is 0. The zero-order chi connectivity index (χ0) is 26.3. The first kappa shape index (κ1) is 28.4. The lowest BCUT2D eigenvalue weighted by atomic mass is 9.71. The van der Waals surface area contributed by atoms with Gasteiger partial charge in [-0.25, -0.2) is 4.79 Å². The highest BCUT2D eigenvalue weighted by atomic mass is 19.4. The number of esters is 1. The number of halogens is 3. The SMILES string of the molecule is COC(=O)[C@@H](CCCCN(C)C)N(C(=O)C(F)(F)F)C1CCC2(CC1)CCN(Cc1ccccc1)C2. The van der Waals surface area contributed by atoms with E-state index in [0.29, 0.717) is 19.3 Å². The molecule has 2 fully saturated rings. The summed E-state index contributed by atoms with van der Waals surface area (Å²) in [6, 6.07) is 8.42. The molecule has 0 N–H and O–H groups in total. The standard InChI is InChI=1S/C27H40F3N3O3/c1-31(2)17-8-7-11-23(24(34)36-3)33(25(35)27(28,29)30)22-12-14-26(15-13-22)16-18-32(20-26)19-21-9-5-4-6-10-21/h4-6,9-10,22-23H,7-8,11-20H2,1-3H3/t22?,23-,26?/m1/s1. The molecule has 1 saturated carbocycles. The van der Waals surface area contributed by atoms with Crippen LogP contribution in [0.25, 0.3) is 0 Å². The summed E-state index contributed by atoms with van der Waals surface area (Å²) in [6.07, 6.45) is -0.189. The van der Waals surface area contributed by atoms with Crippen LogP contribution in [-0.2, 0) is 20.9 Å². The minimum atomic E-state index is -5.04. The lowest BCUT2D eigenvalue weighted by Crippen LogP contribution is -2.56. The predicted molar refractivity (Wildman–Crippen MR) is 132 cm³/mol. The maximum atomic E-state index is 13.7. The molecule has 1 spiro atoms. The lowest BCUT2D eigenvalue weighted by Gasteiger charge is -2.44. The normalized spacial score (nSPS) is 23.7. The van der Waals surface area contributed by atoms with Gasteiger partial charge in [-0.2, -0.15) is 13.2 Å². The Bertz CT molecular complexity index is 855. The van der Waals surface area contributed by atoms with Gasteiger partial charge in [-0.05, 0) is 89.5 Å². The van der Waals surface area contributed by atoms with Gasteiger partial charge in [0.25, 0.3) is 0 Å². The first-order chi connectivity index (χ1) is 17.0. The van der Waals surface area contributed by atoms with Gasteiger partial charge in [0.05, 0.1) is 7.11 Å². The van der Waals surface area contributed by atoms with Crippen molar-refractivity contribution in [2.45, 2.75) is 76.2 Å². The molecule has 0 bridgehead atoms. The van der Waals surface area contributed by atoms with Crippen molar-refractivity contribution >= 4 is 11.9 Å². The molecule has 1 aliphatic heterocycles. The van der Waals surface area contributed by atoms with Crippen LogP contribution >= 0.6 is 0 Å². The molecule has 1 aliphatic carbocycles. The maximum Gasteiger partial charge on any atom is 0.471 e. The number of ether oxygens (including phenoxy) is 1. The van der Waals surface area contributed by atoms with Gasteiger partial charge in [-0.15, -0.1) is 0 Å². The number of hydrogen-bond acceptors (Lipinski definition) is 5. The van der Waals surface area contributed by atoms with E-state index in [4.69, 9.17) is 4.74 Å². The van der Waals surface area contributed by atoms with Crippen LogP contribution in [0.4, 0.5) is 13.2 Å². The molecule has 6 nitrogen and oxygen atoms in total. The van der Waals surface area contributed by atoms with Crippen LogP contribution in [-0.4, -0.2) is 85.7 Å². The molecule has 1 aromatic rings. The third-order valence-corrected chi connectivity index (χ3v) is 7.79. The number of carbonyl (C=O) groups is 2. The number of carbonyl (C=O) groups excluding carboxylic acids is 2. The zero-order valence-electron chi connectivity index (χ0n) is 21.7. The molecule has 0 aromatic heterocycles. The number of likely N-dealkylation sites (tertiary alicyclic amines) is 1. The third kappa shape index (κ3) is 7.44. The molecule has 36 heavy (non-hydrogen) atoms. The minimum absolute atomic E-state index is 0.0602. The van der Waals surface area contributed by atoms with Gasteiger partial charge in [0.1, 0.15) is 6.04 Å². The van der Waals surface area contributed by atoms with Gasteiger partial charge in [-0.1, -0.05) is 30.3 Å². The third-order valence-electron chi connectivity index (χ3n) is 7.79. The van der Waals surface area contributed by atoms with E-state index in [2.05, 4.69) is 17.0 Å². The fraction of sp³-hybridized carbons (Fsp3) is 0.704. The molecule has 9 heteroatoms. The molecule has 1 saturated heterocycles. The summed E-state index contributed by atoms with van der Waals surface area (Å²) < 4.78 is 45.9. The van der Waals surface area contributed by atoms with Gasteiger partial charge in [0.15, 0.2) is 0 Å². The van der Waals surface area contributed by atoms with E-state index in [9.17, 15) is 22.8 Å². The number of alkyl halides is 3. The largest absolute Gasteiger partial charge is 0.471 e. The van der Waals surface area contributed by atoms with Crippen LogP contribution in [0.2, 0.25) is 0 Å². The number of benzene rings is 1. The fourth-order valence-corrected chi connectivity index (χ4v) is 5.89. The predicted octanol–water partition coefficient (Wildman–Crippen LogP) is 4.49. The van der Waals surface area contributed by atoms with Crippen molar-refractivity contribution in [3.05, 3.63) is 35.9 Å². The molecule has 0 unspecified atom stereocenters. The van der Waals surface area contributed by atoms with Crippen molar-refractivity contribution in [1.82, 2.24) is 14.7 Å². The highest BCUT2D eigenvalue weighted by molar-refractivity contribution is 5.88. The Balaban J connectivity index is 1.69. The van der Waals surface area contributed by atoms with Crippen molar-refractivity contribution in [3.63, 3.8) is 0 Å². The first-order valence-electron chi connectivity index (χ1n) is 12.9. The summed E-state index contributed by atoms with van der Waals surface area (Å²) in [5.74, 6) is -2.70. The van der Waals surface area contributed by atoms with Crippen molar-refractivity contribution < 1.29 is 27.5 Å². The van der Waals surface area contributed by atoms with Crippen LogP contribution in [0, 0.1) is 5.41 Å². The van der Waals surface area contributed by atoms with Crippen molar-refractivity contribution in [2.75, 3.05) is 40.8 Å². The molecule has 2 aliphatic rings. The van der Waals surface area contributed by atoms with Crippen molar-refractivity contribution in [1.29, 1.82) is 0 Å². The molecule has 0 radical (unpaired) electrons. The molecule has 1 heterocycles. The van der Waals surface area contributed by atoms with Crippen LogP contribution in [0.15, 0.2) is 30.3 Å². The van der Waals surface area contributed by atoms with E-state index >= 15 is 0 Å². The van der Waals surface area contributed by atoms with Gasteiger partial charge in [0, 0.05) is 19.1 Å². The lowest BCUT2D eigenvalue weighted by molar-refractivity contribution is -0.194. The van der Waals surface area contributed by atoms with E-state index in [1.807, 2.05) is 37.2 Å². The number of nitrogens with zero attached hydrogens (tertiary/aromatic N) is 3. The molecular weight excluding hydrogens is 471 g/mol. The Morgan fingerprint density at radius 1 is 1.11 bits per heavy atom. The molecule has 1 amide bonds. The maximum absolute atomic E-state index is 13.7. The summed E-state index contributed by atoms with van der Waals surface area (Å²) in [7, 11) is 5.00. The highest BCUT2D eigenvalue weighted by Crippen LogP contribution is 2.46. The fourth-order valence-electron chi connectivity index (χ4n) is 5.89. The monoisotopic (exact) mass is 511 g/mol. The van der Waals surface area contributed by atoms with Gasteiger partial charge < -0.3 is 14.5 Å². The van der Waals surface area contributed by atoms with Crippen molar-refractivity contribution in [3.8, 4) is 0 Å². The second kappa shape index (κ2) is 12.4. The quantitative estimate of drug-likeness (QED) is 0.342. The van der Waals surface area contributed by atoms with Gasteiger partial charge in [-0.3, -0.25) is 9.69 Å². The van der Waals surface area contributed by atoms with E-state index in [0.717, 1.165) is 56.8 Å². The Morgan fingerprint density at radius 3 is 2.36 bits per heavy atom. The second-order valence-electron chi connectivity index (χ2n) is 10.7. The van der Waals surface area contributed by atoms with Gasteiger partial charge in [0.2, 0.25) is 0 Å². The van der Waals surface area contributed by atoms with Crippen LogP contribution in [0.3, 0.4) is 0 Å². The molecule has 3 rings (SSSR count). The summed E-state index contributed by atoms with van der Waals surface area (Å²) in [4.78, 5) is 30.5. The topological polar surface area (TPSA) is 53.1 Å². The van der Waals surface area contributed by atoms with Crippen molar-refractivity contribution in [2.24, 2.45) is 5.41 Å². The molecule has 1 aromatic carbocycles. The Labute approximate surface area is 212 Å². The molecular formula is C27H40F3N3O3. The average molecular weight is 512 g/mol. The smallest absolute Gasteiger partial charge is 0.467 e. The molecule has 1 atom stereocenters. The Morgan fingerprint density at radius 2 is 1.78 bits per heavy atom.